The van der Waals surface area contributed by atoms with Crippen LogP contribution in [-0.2, 0) is 0 Å². The van der Waals surface area contributed by atoms with Gasteiger partial charge in [0.1, 0.15) is 11.6 Å². The molecular weight excluding hydrogens is 437 g/mol. The second-order valence-electron chi connectivity index (χ2n) is 7.27. The summed E-state index contributed by atoms with van der Waals surface area (Å²) in [5.74, 6) is 0.0477. The molecule has 0 aliphatic carbocycles. The standard InChI is InChI=1S/C26H18FN3O2S/c1-32-20-12-9-17(10-13-20)16-28-30(26-29-23-14-11-19(27)15-24(23)33-26)25(31)22-8-4-6-18-5-2-3-7-21(18)22/h2-16H,1H3/b28-16+. The van der Waals surface area contributed by atoms with Gasteiger partial charge in [-0.15, -0.1) is 0 Å². The van der Waals surface area contributed by atoms with Crippen molar-refractivity contribution >= 4 is 49.6 Å². The molecule has 4 aromatic carbocycles. The number of amides is 1. The Morgan fingerprint density at radius 2 is 1.82 bits per heavy atom. The maximum atomic E-state index is 13.7. The van der Waals surface area contributed by atoms with Crippen LogP contribution in [0.4, 0.5) is 9.52 Å². The Labute approximate surface area is 193 Å². The third-order valence-electron chi connectivity index (χ3n) is 5.17. The van der Waals surface area contributed by atoms with Crippen LogP contribution in [0.2, 0.25) is 0 Å². The lowest BCUT2D eigenvalue weighted by Crippen LogP contribution is -2.25. The van der Waals surface area contributed by atoms with Crippen molar-refractivity contribution in [2.45, 2.75) is 0 Å². The van der Waals surface area contributed by atoms with Crippen LogP contribution < -0.4 is 9.75 Å². The molecule has 0 radical (unpaired) electrons. The molecule has 0 aliphatic rings. The van der Waals surface area contributed by atoms with Gasteiger partial charge in [-0.3, -0.25) is 4.79 Å². The summed E-state index contributed by atoms with van der Waals surface area (Å²) in [6.07, 6.45) is 1.59. The van der Waals surface area contributed by atoms with E-state index in [-0.39, 0.29) is 11.7 Å². The summed E-state index contributed by atoms with van der Waals surface area (Å²) in [6, 6.07) is 24.9. The zero-order valence-corrected chi connectivity index (χ0v) is 18.4. The first-order chi connectivity index (χ1) is 16.1. The monoisotopic (exact) mass is 455 g/mol. The number of rotatable bonds is 5. The van der Waals surface area contributed by atoms with Gasteiger partial charge in [-0.1, -0.05) is 47.7 Å². The molecule has 1 aromatic heterocycles. The van der Waals surface area contributed by atoms with Crippen molar-refractivity contribution < 1.29 is 13.9 Å². The van der Waals surface area contributed by atoms with Crippen molar-refractivity contribution in [1.82, 2.24) is 4.98 Å². The fourth-order valence-corrected chi connectivity index (χ4v) is 4.45. The molecule has 5 aromatic rings. The Morgan fingerprint density at radius 1 is 1.03 bits per heavy atom. The Morgan fingerprint density at radius 3 is 2.64 bits per heavy atom. The molecule has 0 fully saturated rings. The van der Waals surface area contributed by atoms with Gasteiger partial charge in [-0.25, -0.2) is 9.37 Å². The fraction of sp³-hybridized carbons (Fsp3) is 0.0385. The van der Waals surface area contributed by atoms with Crippen LogP contribution in [0.3, 0.4) is 0 Å². The van der Waals surface area contributed by atoms with E-state index in [0.29, 0.717) is 20.9 Å². The third kappa shape index (κ3) is 4.18. The molecule has 1 amide bonds. The topological polar surface area (TPSA) is 54.8 Å². The number of aromatic nitrogens is 1. The highest BCUT2D eigenvalue weighted by Crippen LogP contribution is 2.31. The Kier molecular flexibility index (Phi) is 5.54. The molecule has 0 bridgehead atoms. The molecule has 0 atom stereocenters. The number of methoxy groups -OCH3 is 1. The number of anilines is 1. The molecular formula is C26H18FN3O2S. The van der Waals surface area contributed by atoms with Crippen LogP contribution >= 0.6 is 11.3 Å². The average Bonchev–Trinajstić information content (AvgIpc) is 3.26. The van der Waals surface area contributed by atoms with Gasteiger partial charge in [0.05, 0.1) is 23.5 Å². The number of fused-ring (bicyclic) bond motifs is 2. The summed E-state index contributed by atoms with van der Waals surface area (Å²) in [5, 5.41) is 7.90. The van der Waals surface area contributed by atoms with E-state index in [1.165, 1.54) is 28.5 Å². The van der Waals surface area contributed by atoms with Crippen LogP contribution in [0.15, 0.2) is 90.0 Å². The molecule has 0 saturated carbocycles. The number of benzene rings is 4. The normalized spacial score (nSPS) is 11.3. The van der Waals surface area contributed by atoms with E-state index in [1.54, 1.807) is 25.5 Å². The summed E-state index contributed by atoms with van der Waals surface area (Å²) in [4.78, 5) is 18.3. The first kappa shape index (κ1) is 20.8. The Hall–Kier alpha value is -4.10. The molecule has 0 spiro atoms. The van der Waals surface area contributed by atoms with Gasteiger partial charge >= 0.3 is 0 Å². The molecule has 0 saturated heterocycles. The molecule has 5 rings (SSSR count). The van der Waals surface area contributed by atoms with Crippen molar-refractivity contribution in [2.75, 3.05) is 12.1 Å². The predicted molar refractivity (Wildman–Crippen MR) is 131 cm³/mol. The van der Waals surface area contributed by atoms with Gasteiger partial charge in [0, 0.05) is 5.56 Å². The maximum Gasteiger partial charge on any atom is 0.281 e. The van der Waals surface area contributed by atoms with Crippen LogP contribution in [0.5, 0.6) is 5.75 Å². The zero-order chi connectivity index (χ0) is 22.8. The van der Waals surface area contributed by atoms with Crippen molar-refractivity contribution in [3.05, 3.63) is 102 Å². The molecule has 0 unspecified atom stereocenters. The quantitative estimate of drug-likeness (QED) is 0.232. The van der Waals surface area contributed by atoms with Crippen molar-refractivity contribution in [3.8, 4) is 5.75 Å². The second kappa shape index (κ2) is 8.80. The summed E-state index contributed by atoms with van der Waals surface area (Å²) in [7, 11) is 1.60. The number of nitrogens with zero attached hydrogens (tertiary/aromatic N) is 3. The van der Waals surface area contributed by atoms with Gasteiger partial charge in [-0.2, -0.15) is 10.1 Å². The highest BCUT2D eigenvalue weighted by Gasteiger charge is 2.22. The largest absolute Gasteiger partial charge is 0.497 e. The minimum absolute atomic E-state index is 0.323. The molecule has 162 valence electrons. The molecule has 0 N–H and O–H groups in total. The fourth-order valence-electron chi connectivity index (χ4n) is 3.51. The number of ether oxygens (including phenoxy) is 1. The molecule has 5 nitrogen and oxygen atoms in total. The number of carbonyl (C=O) groups is 1. The van der Waals surface area contributed by atoms with E-state index >= 15 is 0 Å². The van der Waals surface area contributed by atoms with Gasteiger partial charge < -0.3 is 4.74 Å². The van der Waals surface area contributed by atoms with Crippen LogP contribution in [-0.4, -0.2) is 24.2 Å². The van der Waals surface area contributed by atoms with E-state index in [1.807, 2.05) is 60.7 Å². The van der Waals surface area contributed by atoms with Crippen LogP contribution in [0.1, 0.15) is 15.9 Å². The lowest BCUT2D eigenvalue weighted by Gasteiger charge is -2.15. The minimum atomic E-state index is -0.355. The number of carbonyl (C=O) groups excluding carboxylic acids is 1. The Balaban J connectivity index is 1.60. The minimum Gasteiger partial charge on any atom is -0.497 e. The number of thiazole rings is 1. The third-order valence-corrected chi connectivity index (χ3v) is 6.16. The van der Waals surface area contributed by atoms with Crippen molar-refractivity contribution in [1.29, 1.82) is 0 Å². The summed E-state index contributed by atoms with van der Waals surface area (Å²) >= 11 is 1.21. The van der Waals surface area contributed by atoms with E-state index in [2.05, 4.69) is 10.1 Å². The van der Waals surface area contributed by atoms with E-state index in [9.17, 15) is 9.18 Å². The zero-order valence-electron chi connectivity index (χ0n) is 17.6. The lowest BCUT2D eigenvalue weighted by atomic mass is 10.0. The smallest absolute Gasteiger partial charge is 0.281 e. The van der Waals surface area contributed by atoms with Gasteiger partial charge in [0.2, 0.25) is 5.13 Å². The number of halogens is 1. The van der Waals surface area contributed by atoms with E-state index in [4.69, 9.17) is 4.74 Å². The molecule has 33 heavy (non-hydrogen) atoms. The predicted octanol–water partition coefficient (Wildman–Crippen LogP) is 6.28. The first-order valence-corrected chi connectivity index (χ1v) is 11.0. The SMILES string of the molecule is COc1ccc(/C=N/N(C(=O)c2cccc3ccccc23)c2nc3ccc(F)cc3s2)cc1. The Bertz CT molecular complexity index is 1490. The number of hydrogen-bond donors (Lipinski definition) is 0. The molecule has 0 aliphatic heterocycles. The number of hydrazone groups is 1. The summed E-state index contributed by atoms with van der Waals surface area (Å²) in [5.41, 5.74) is 1.90. The van der Waals surface area contributed by atoms with Crippen molar-refractivity contribution in [2.24, 2.45) is 5.10 Å². The van der Waals surface area contributed by atoms with Gasteiger partial charge in [0.25, 0.3) is 5.91 Å². The van der Waals surface area contributed by atoms with Crippen LogP contribution in [0.25, 0.3) is 21.0 Å². The van der Waals surface area contributed by atoms with E-state index < -0.39 is 0 Å². The highest BCUT2D eigenvalue weighted by molar-refractivity contribution is 7.22. The summed E-state index contributed by atoms with van der Waals surface area (Å²) < 4.78 is 19.6. The van der Waals surface area contributed by atoms with Gasteiger partial charge in [0.15, 0.2) is 0 Å². The highest BCUT2D eigenvalue weighted by atomic mass is 32.1. The molecule has 1 heterocycles. The average molecular weight is 456 g/mol. The number of hydrogen-bond acceptors (Lipinski definition) is 5. The van der Waals surface area contributed by atoms with Crippen molar-refractivity contribution in [3.63, 3.8) is 0 Å². The maximum absolute atomic E-state index is 13.7. The summed E-state index contributed by atoms with van der Waals surface area (Å²) in [6.45, 7) is 0. The van der Waals surface area contributed by atoms with Crippen LogP contribution in [0, 0.1) is 5.82 Å². The first-order valence-electron chi connectivity index (χ1n) is 10.2. The lowest BCUT2D eigenvalue weighted by molar-refractivity contribution is 0.0989. The van der Waals surface area contributed by atoms with E-state index in [0.717, 1.165) is 22.1 Å². The molecule has 7 heteroatoms. The van der Waals surface area contributed by atoms with Gasteiger partial charge in [-0.05, 0) is 64.9 Å². The second-order valence-corrected chi connectivity index (χ2v) is 8.28.